The average molecular weight is 453 g/mol. The Morgan fingerprint density at radius 1 is 1.34 bits per heavy atom. The van der Waals surface area contributed by atoms with Crippen LogP contribution in [-0.2, 0) is 11.2 Å². The molecule has 0 bridgehead atoms. The molecule has 7 nitrogen and oxygen atoms in total. The number of benzene rings is 1. The van der Waals surface area contributed by atoms with Gasteiger partial charge in [0.05, 0.1) is 28.6 Å². The van der Waals surface area contributed by atoms with Crippen molar-refractivity contribution < 1.29 is 14.3 Å². The summed E-state index contributed by atoms with van der Waals surface area (Å²) in [6.07, 6.45) is 6.84. The number of nitriles is 1. The molecular formula is C24H28N4O3S. The molecule has 0 spiro atoms. The number of thiazole rings is 1. The fourth-order valence-corrected chi connectivity index (χ4v) is 5.14. The Bertz CT molecular complexity index is 1090. The highest BCUT2D eigenvalue weighted by Gasteiger charge is 2.23. The Morgan fingerprint density at radius 2 is 2.19 bits per heavy atom. The maximum absolute atomic E-state index is 11.4. The lowest BCUT2D eigenvalue weighted by Gasteiger charge is -2.30. The van der Waals surface area contributed by atoms with Gasteiger partial charge in [0.15, 0.2) is 0 Å². The van der Waals surface area contributed by atoms with Crippen molar-refractivity contribution in [3.63, 3.8) is 0 Å². The summed E-state index contributed by atoms with van der Waals surface area (Å²) in [4.78, 5) is 21.7. The monoisotopic (exact) mass is 452 g/mol. The molecule has 168 valence electrons. The molecule has 1 N–H and O–H groups in total. The van der Waals surface area contributed by atoms with E-state index < -0.39 is 6.16 Å². The number of unbranched alkanes of at least 4 members (excludes halogenated alkanes) is 1. The lowest BCUT2D eigenvalue weighted by molar-refractivity contribution is 0.103. The molecule has 3 heterocycles. The SMILES string of the molecule is CCOC(=O)Oc1csc(C2CCN(CCCCc3c[nH]c4ccc(C#N)cc34)CC2)n1. The summed E-state index contributed by atoms with van der Waals surface area (Å²) >= 11 is 1.56. The summed E-state index contributed by atoms with van der Waals surface area (Å²) in [7, 11) is 0. The number of aromatic nitrogens is 2. The number of carbonyl (C=O) groups excluding carboxylic acids is 1. The number of ether oxygens (including phenoxy) is 2. The van der Waals surface area contributed by atoms with Gasteiger partial charge < -0.3 is 19.4 Å². The first kappa shape index (κ1) is 22.3. The quantitative estimate of drug-likeness (QED) is 0.371. The number of fused-ring (bicyclic) bond motifs is 1. The Morgan fingerprint density at radius 3 is 2.97 bits per heavy atom. The molecule has 1 fully saturated rings. The highest BCUT2D eigenvalue weighted by Crippen LogP contribution is 2.32. The minimum absolute atomic E-state index is 0.290. The minimum Gasteiger partial charge on any atom is -0.434 e. The van der Waals surface area contributed by atoms with Crippen LogP contribution >= 0.6 is 11.3 Å². The number of hydrogen-bond donors (Lipinski definition) is 1. The largest absolute Gasteiger partial charge is 0.515 e. The van der Waals surface area contributed by atoms with Crippen molar-refractivity contribution in [2.45, 2.75) is 44.9 Å². The van der Waals surface area contributed by atoms with E-state index in [0.717, 1.165) is 62.3 Å². The van der Waals surface area contributed by atoms with Crippen LogP contribution in [0.25, 0.3) is 10.9 Å². The number of nitrogens with one attached hydrogen (secondary N) is 1. The minimum atomic E-state index is -0.697. The first-order valence-electron chi connectivity index (χ1n) is 11.2. The molecule has 2 aromatic heterocycles. The van der Waals surface area contributed by atoms with Gasteiger partial charge in [-0.05, 0) is 82.4 Å². The van der Waals surface area contributed by atoms with Gasteiger partial charge in [0.2, 0.25) is 5.88 Å². The maximum Gasteiger partial charge on any atom is 0.515 e. The number of likely N-dealkylation sites (tertiary alicyclic amines) is 1. The lowest BCUT2D eigenvalue weighted by Crippen LogP contribution is -2.33. The molecule has 8 heteroatoms. The van der Waals surface area contributed by atoms with Crippen molar-refractivity contribution in [2.75, 3.05) is 26.2 Å². The number of piperidine rings is 1. The number of H-pyrrole nitrogens is 1. The Balaban J connectivity index is 1.19. The van der Waals surface area contributed by atoms with Crippen LogP contribution < -0.4 is 4.74 Å². The third-order valence-corrected chi connectivity index (χ3v) is 6.94. The first-order valence-corrected chi connectivity index (χ1v) is 12.1. The van der Waals surface area contributed by atoms with Gasteiger partial charge in [0.25, 0.3) is 0 Å². The van der Waals surface area contributed by atoms with Crippen molar-refractivity contribution in [1.82, 2.24) is 14.9 Å². The molecular weight excluding hydrogens is 424 g/mol. The molecule has 1 aromatic carbocycles. The van der Waals surface area contributed by atoms with Gasteiger partial charge in [-0.15, -0.1) is 11.3 Å². The normalized spacial score (nSPS) is 15.0. The third kappa shape index (κ3) is 5.47. The zero-order valence-corrected chi connectivity index (χ0v) is 19.1. The second kappa shape index (κ2) is 10.6. The maximum atomic E-state index is 11.4. The summed E-state index contributed by atoms with van der Waals surface area (Å²) in [6, 6.07) is 8.04. The van der Waals surface area contributed by atoms with E-state index in [0.29, 0.717) is 17.4 Å². The van der Waals surface area contributed by atoms with Crippen molar-refractivity contribution in [2.24, 2.45) is 0 Å². The number of hydrogen-bond acceptors (Lipinski definition) is 7. The topological polar surface area (TPSA) is 91.2 Å². The van der Waals surface area contributed by atoms with Crippen LogP contribution in [0.5, 0.6) is 5.88 Å². The highest BCUT2D eigenvalue weighted by molar-refractivity contribution is 7.09. The molecule has 0 unspecified atom stereocenters. The fraction of sp³-hybridized carbons (Fsp3) is 0.458. The fourth-order valence-electron chi connectivity index (χ4n) is 4.25. The first-order chi connectivity index (χ1) is 15.7. The number of nitrogens with zero attached hydrogens (tertiary/aromatic N) is 3. The molecule has 32 heavy (non-hydrogen) atoms. The Kier molecular flexibility index (Phi) is 7.40. The van der Waals surface area contributed by atoms with Gasteiger partial charge in [-0.3, -0.25) is 0 Å². The zero-order valence-electron chi connectivity index (χ0n) is 18.3. The van der Waals surface area contributed by atoms with Crippen LogP contribution in [0.15, 0.2) is 29.8 Å². The summed E-state index contributed by atoms with van der Waals surface area (Å²) in [5, 5.41) is 13.1. The van der Waals surface area contributed by atoms with Gasteiger partial charge in [0.1, 0.15) is 0 Å². The van der Waals surface area contributed by atoms with Crippen LogP contribution in [0.3, 0.4) is 0 Å². The molecule has 3 aromatic rings. The number of carbonyl (C=O) groups is 1. The smallest absolute Gasteiger partial charge is 0.434 e. The summed E-state index contributed by atoms with van der Waals surface area (Å²) < 4.78 is 9.89. The second-order valence-corrected chi connectivity index (χ2v) is 8.96. The van der Waals surface area contributed by atoms with Crippen molar-refractivity contribution in [3.05, 3.63) is 45.9 Å². The van der Waals surface area contributed by atoms with Gasteiger partial charge in [-0.25, -0.2) is 9.78 Å². The summed E-state index contributed by atoms with van der Waals surface area (Å²) in [5.74, 6) is 0.765. The number of rotatable bonds is 8. The van der Waals surface area contributed by atoms with Gasteiger partial charge in [-0.2, -0.15) is 5.26 Å². The number of aryl methyl sites for hydroxylation is 1. The Labute approximate surface area is 192 Å². The van der Waals surface area contributed by atoms with E-state index >= 15 is 0 Å². The molecule has 1 saturated heterocycles. The summed E-state index contributed by atoms with van der Waals surface area (Å²) in [5.41, 5.74) is 3.10. The van der Waals surface area contributed by atoms with Gasteiger partial charge >= 0.3 is 6.16 Å². The predicted octanol–water partition coefficient (Wildman–Crippen LogP) is 5.23. The van der Waals surface area contributed by atoms with Crippen LogP contribution in [-0.4, -0.2) is 47.3 Å². The standard InChI is InChI=1S/C24H28N4O3S/c1-2-30-24(29)31-22-16-32-23(27-22)18-8-11-28(12-9-18)10-4-3-5-19-15-26-21-7-6-17(14-25)13-20(19)21/h6-7,13,15-16,18,26H,2-5,8-12H2,1H3. The van der Waals surface area contributed by atoms with E-state index in [9.17, 15) is 4.79 Å². The molecule has 0 radical (unpaired) electrons. The molecule has 0 aliphatic carbocycles. The Hall–Kier alpha value is -2.89. The van der Waals surface area contributed by atoms with E-state index in [4.69, 9.17) is 14.7 Å². The van der Waals surface area contributed by atoms with Crippen molar-refractivity contribution >= 4 is 28.4 Å². The molecule has 1 aliphatic heterocycles. The third-order valence-electron chi connectivity index (χ3n) is 5.95. The van der Waals surface area contributed by atoms with E-state index in [-0.39, 0.29) is 6.61 Å². The average Bonchev–Trinajstić information content (AvgIpc) is 3.44. The predicted molar refractivity (Wildman–Crippen MR) is 124 cm³/mol. The zero-order chi connectivity index (χ0) is 22.3. The molecule has 0 amide bonds. The molecule has 0 atom stereocenters. The second-order valence-electron chi connectivity index (χ2n) is 8.07. The molecule has 4 rings (SSSR count). The van der Waals surface area contributed by atoms with Crippen LogP contribution in [0.1, 0.15) is 54.7 Å². The van der Waals surface area contributed by atoms with Crippen molar-refractivity contribution in [3.8, 4) is 11.9 Å². The van der Waals surface area contributed by atoms with E-state index in [1.54, 1.807) is 23.6 Å². The van der Waals surface area contributed by atoms with Crippen LogP contribution in [0.4, 0.5) is 4.79 Å². The lowest BCUT2D eigenvalue weighted by atomic mass is 9.97. The van der Waals surface area contributed by atoms with E-state index in [1.165, 1.54) is 10.9 Å². The van der Waals surface area contributed by atoms with Crippen molar-refractivity contribution in [1.29, 1.82) is 5.26 Å². The van der Waals surface area contributed by atoms with E-state index in [2.05, 4.69) is 27.1 Å². The summed E-state index contributed by atoms with van der Waals surface area (Å²) in [6.45, 7) is 5.27. The van der Waals surface area contributed by atoms with Gasteiger partial charge in [-0.1, -0.05) is 0 Å². The van der Waals surface area contributed by atoms with Crippen LogP contribution in [0, 0.1) is 11.3 Å². The number of aromatic amines is 1. The van der Waals surface area contributed by atoms with E-state index in [1.807, 2.05) is 18.2 Å². The molecule has 1 aliphatic rings. The molecule has 0 saturated carbocycles. The van der Waals surface area contributed by atoms with Crippen LogP contribution in [0.2, 0.25) is 0 Å². The highest BCUT2D eigenvalue weighted by atomic mass is 32.1. The van der Waals surface area contributed by atoms with Gasteiger partial charge in [0, 0.05) is 23.0 Å².